The molecule has 0 bridgehead atoms. The van der Waals surface area contributed by atoms with Crippen molar-refractivity contribution in [2.24, 2.45) is 0 Å². The van der Waals surface area contributed by atoms with Gasteiger partial charge < -0.3 is 20.3 Å². The van der Waals surface area contributed by atoms with Crippen LogP contribution in [0.4, 0.5) is 0 Å². The van der Waals surface area contributed by atoms with Crippen molar-refractivity contribution < 1.29 is 24.5 Å². The summed E-state index contributed by atoms with van der Waals surface area (Å²) in [4.78, 5) is 26.3. The Bertz CT molecular complexity index is 1040. The molecule has 0 saturated heterocycles. The molecule has 390 valence electrons. The van der Waals surface area contributed by atoms with Crippen molar-refractivity contribution in [3.05, 3.63) is 24.3 Å². The van der Waals surface area contributed by atoms with Gasteiger partial charge in [0.25, 0.3) is 0 Å². The van der Waals surface area contributed by atoms with Crippen molar-refractivity contribution in [1.82, 2.24) is 5.32 Å². The predicted molar refractivity (Wildman–Crippen MR) is 287 cm³/mol. The predicted octanol–water partition coefficient (Wildman–Crippen LogP) is 18.2. The fourth-order valence-corrected chi connectivity index (χ4v) is 9.29. The van der Waals surface area contributed by atoms with E-state index < -0.39 is 18.2 Å². The number of amides is 1. The number of rotatable bonds is 54. The summed E-state index contributed by atoms with van der Waals surface area (Å²) in [6.45, 7) is 6.50. The molecule has 6 nitrogen and oxygen atoms in total. The van der Waals surface area contributed by atoms with Crippen molar-refractivity contribution >= 4 is 11.9 Å². The van der Waals surface area contributed by atoms with Gasteiger partial charge >= 0.3 is 5.97 Å². The van der Waals surface area contributed by atoms with Gasteiger partial charge in [-0.15, -0.1) is 0 Å². The molecule has 1 amide bonds. The Morgan fingerprint density at radius 3 is 1.18 bits per heavy atom. The van der Waals surface area contributed by atoms with Gasteiger partial charge in [0.1, 0.15) is 6.10 Å². The number of aliphatic hydroxyl groups excluding tert-OH is 2. The number of esters is 1. The van der Waals surface area contributed by atoms with E-state index in [4.69, 9.17) is 4.74 Å². The summed E-state index contributed by atoms with van der Waals surface area (Å²) in [6, 6.07) is -0.702. The molecule has 0 heterocycles. The summed E-state index contributed by atoms with van der Waals surface area (Å²) in [6.07, 6.45) is 63.9. The van der Waals surface area contributed by atoms with Crippen LogP contribution in [-0.2, 0) is 14.3 Å². The lowest BCUT2D eigenvalue weighted by Crippen LogP contribution is -2.46. The molecule has 0 rings (SSSR count). The molecule has 0 fully saturated rings. The van der Waals surface area contributed by atoms with Gasteiger partial charge in [-0.25, -0.2) is 0 Å². The number of unbranched alkanes of at least 4 members (excludes halogenated alkanes) is 38. The molecule has 0 radical (unpaired) electrons. The maximum Gasteiger partial charge on any atom is 0.306 e. The van der Waals surface area contributed by atoms with E-state index in [9.17, 15) is 19.8 Å². The van der Waals surface area contributed by atoms with E-state index in [0.29, 0.717) is 19.3 Å². The molecule has 0 spiro atoms. The van der Waals surface area contributed by atoms with E-state index in [0.717, 1.165) is 64.2 Å². The van der Waals surface area contributed by atoms with E-state index in [-0.39, 0.29) is 24.9 Å². The van der Waals surface area contributed by atoms with Crippen molar-refractivity contribution in [3.63, 3.8) is 0 Å². The maximum atomic E-state index is 13.3. The number of hydrogen-bond donors (Lipinski definition) is 3. The number of allylic oxidation sites excluding steroid dienone is 4. The Morgan fingerprint density at radius 1 is 0.439 bits per heavy atom. The minimum Gasteiger partial charge on any atom is -0.462 e. The van der Waals surface area contributed by atoms with Crippen molar-refractivity contribution in [1.29, 1.82) is 0 Å². The average molecular weight is 931 g/mol. The smallest absolute Gasteiger partial charge is 0.306 e. The average Bonchev–Trinajstić information content (AvgIpc) is 3.31. The number of carbonyl (C=O) groups excluding carboxylic acids is 2. The van der Waals surface area contributed by atoms with Gasteiger partial charge in [0, 0.05) is 6.42 Å². The molecular weight excluding hydrogens is 815 g/mol. The minimum atomic E-state index is -0.788. The summed E-state index contributed by atoms with van der Waals surface area (Å²) in [5.41, 5.74) is 0. The van der Waals surface area contributed by atoms with Crippen molar-refractivity contribution in [2.45, 2.75) is 341 Å². The van der Waals surface area contributed by atoms with Crippen LogP contribution in [0.5, 0.6) is 0 Å². The van der Waals surface area contributed by atoms with Crippen LogP contribution in [0, 0.1) is 0 Å². The van der Waals surface area contributed by atoms with Crippen LogP contribution < -0.4 is 5.32 Å². The second-order valence-electron chi connectivity index (χ2n) is 20.4. The first kappa shape index (κ1) is 64.3. The van der Waals surface area contributed by atoms with Gasteiger partial charge in [0.15, 0.2) is 0 Å². The van der Waals surface area contributed by atoms with Crippen LogP contribution in [-0.4, -0.2) is 46.9 Å². The largest absolute Gasteiger partial charge is 0.462 e. The highest BCUT2D eigenvalue weighted by atomic mass is 16.5. The molecule has 0 aliphatic heterocycles. The molecule has 6 heteroatoms. The molecule has 66 heavy (non-hydrogen) atoms. The van der Waals surface area contributed by atoms with Gasteiger partial charge in [-0.1, -0.05) is 276 Å². The standard InChI is InChI=1S/C60H115NO5/c1-4-7-10-13-16-19-22-25-28-29-30-32-35-38-41-44-47-50-53-60(65)66-56(51-48-45-42-39-36-33-31-26-23-20-17-14-11-8-5-2)54-59(64)61-57(55-62)58(63)52-49-46-43-40-37-34-27-24-21-18-15-12-9-6-3/h17,20,26,31,56-58,62-63H,4-16,18-19,21-25,27-30,32-55H2,1-3H3,(H,61,64)/b20-17-,31-26-. The number of hydrogen-bond acceptors (Lipinski definition) is 5. The summed E-state index contributed by atoms with van der Waals surface area (Å²) in [5, 5.41) is 23.9. The lowest BCUT2D eigenvalue weighted by molar-refractivity contribution is -0.151. The fraction of sp³-hybridized carbons (Fsp3) is 0.900. The topological polar surface area (TPSA) is 95.9 Å². The molecule has 0 aliphatic rings. The molecule has 3 unspecified atom stereocenters. The van der Waals surface area contributed by atoms with Crippen molar-refractivity contribution in [3.8, 4) is 0 Å². The Labute approximate surface area is 411 Å². The first-order valence-corrected chi connectivity index (χ1v) is 29.6. The Kier molecular flexibility index (Phi) is 52.9. The third-order valence-corrected chi connectivity index (χ3v) is 13.8. The second kappa shape index (κ2) is 54.3. The zero-order chi connectivity index (χ0) is 48.1. The van der Waals surface area contributed by atoms with Crippen LogP contribution in [0.2, 0.25) is 0 Å². The van der Waals surface area contributed by atoms with E-state index in [1.54, 1.807) is 0 Å². The molecule has 0 aromatic carbocycles. The summed E-state index contributed by atoms with van der Waals surface area (Å²) >= 11 is 0. The fourth-order valence-electron chi connectivity index (χ4n) is 9.29. The van der Waals surface area contributed by atoms with E-state index in [1.165, 1.54) is 212 Å². The first-order chi connectivity index (χ1) is 32.5. The van der Waals surface area contributed by atoms with E-state index in [2.05, 4.69) is 50.4 Å². The Hall–Kier alpha value is -1.66. The number of nitrogens with one attached hydrogen (secondary N) is 1. The van der Waals surface area contributed by atoms with Gasteiger partial charge in [0.2, 0.25) is 5.91 Å². The van der Waals surface area contributed by atoms with Gasteiger partial charge in [-0.05, 0) is 57.8 Å². The summed E-state index contributed by atoms with van der Waals surface area (Å²) in [5.74, 6) is -0.467. The molecular formula is C60H115NO5. The van der Waals surface area contributed by atoms with E-state index >= 15 is 0 Å². The molecule has 0 aromatic heterocycles. The molecule has 0 aliphatic carbocycles. The maximum absolute atomic E-state index is 13.3. The Balaban J connectivity index is 4.52. The highest BCUT2D eigenvalue weighted by molar-refractivity contribution is 5.77. The molecule has 0 aromatic rings. The molecule has 3 N–H and O–H groups in total. The normalized spacial score (nSPS) is 13.2. The van der Waals surface area contributed by atoms with Gasteiger partial charge in [-0.3, -0.25) is 9.59 Å². The van der Waals surface area contributed by atoms with Gasteiger partial charge in [0.05, 0.1) is 25.2 Å². The van der Waals surface area contributed by atoms with Crippen LogP contribution in [0.1, 0.15) is 323 Å². The minimum absolute atomic E-state index is 0.0742. The highest BCUT2D eigenvalue weighted by Gasteiger charge is 2.24. The number of ether oxygens (including phenoxy) is 1. The number of aliphatic hydroxyl groups is 2. The monoisotopic (exact) mass is 930 g/mol. The van der Waals surface area contributed by atoms with Crippen LogP contribution in [0.25, 0.3) is 0 Å². The van der Waals surface area contributed by atoms with Gasteiger partial charge in [-0.2, -0.15) is 0 Å². The SMILES string of the molecule is CCCCC/C=C\C/C=C\CCCCCCCC(CC(=O)NC(CO)C(O)CCCCCCCCCCCCCCCC)OC(=O)CCCCCCCCCCCCCCCCCCCC. The third-order valence-electron chi connectivity index (χ3n) is 13.8. The van der Waals surface area contributed by atoms with Crippen LogP contribution >= 0.6 is 0 Å². The van der Waals surface area contributed by atoms with Crippen LogP contribution in [0.15, 0.2) is 24.3 Å². The van der Waals surface area contributed by atoms with E-state index in [1.807, 2.05) is 0 Å². The lowest BCUT2D eigenvalue weighted by Gasteiger charge is -2.24. The summed E-state index contributed by atoms with van der Waals surface area (Å²) < 4.78 is 5.97. The first-order valence-electron chi connectivity index (χ1n) is 29.6. The van der Waals surface area contributed by atoms with Crippen LogP contribution in [0.3, 0.4) is 0 Å². The molecule has 0 saturated carbocycles. The highest BCUT2D eigenvalue weighted by Crippen LogP contribution is 2.19. The lowest BCUT2D eigenvalue weighted by atomic mass is 10.0. The number of carbonyl (C=O) groups is 2. The third kappa shape index (κ3) is 48.8. The Morgan fingerprint density at radius 2 is 0.773 bits per heavy atom. The quantitative estimate of drug-likeness (QED) is 0.0321. The molecule has 3 atom stereocenters. The zero-order valence-electron chi connectivity index (χ0n) is 44.6. The van der Waals surface area contributed by atoms with Crippen molar-refractivity contribution in [2.75, 3.05) is 6.61 Å². The summed E-state index contributed by atoms with van der Waals surface area (Å²) in [7, 11) is 0. The second-order valence-corrected chi connectivity index (χ2v) is 20.4. The zero-order valence-corrected chi connectivity index (χ0v) is 44.6.